The highest BCUT2D eigenvalue weighted by atomic mass is 35.5. The molecule has 0 spiro atoms. The zero-order valence-electron chi connectivity index (χ0n) is 17.3. The number of sulfone groups is 1. The Morgan fingerprint density at radius 3 is 2.43 bits per heavy atom. The Balaban J connectivity index is 2.20. The Labute approximate surface area is 208 Å². The monoisotopic (exact) mass is 571 g/mol. The van der Waals surface area contributed by atoms with Crippen molar-refractivity contribution in [3.8, 4) is 0 Å². The topological polar surface area (TPSA) is 228 Å². The van der Waals surface area contributed by atoms with Crippen LogP contribution < -0.4 is 16.4 Å². The van der Waals surface area contributed by atoms with Gasteiger partial charge in [0, 0.05) is 5.69 Å². The molecular formula is C16H18ClN5O10S3. The van der Waals surface area contributed by atoms with Crippen molar-refractivity contribution >= 4 is 72.7 Å². The lowest BCUT2D eigenvalue weighted by molar-refractivity contribution is -0.434. The second-order valence-corrected chi connectivity index (χ2v) is 10.8. The molecule has 2 aromatic carbocycles. The molecule has 0 unspecified atom stereocenters. The van der Waals surface area contributed by atoms with E-state index in [1.807, 2.05) is 0 Å². The molecule has 0 radical (unpaired) electrons. The zero-order chi connectivity index (χ0) is 26.1. The minimum Gasteiger partial charge on any atom is -0.370 e. The van der Waals surface area contributed by atoms with Crippen LogP contribution in [0, 0.1) is 0 Å². The lowest BCUT2D eigenvalue weighted by Crippen LogP contribution is -2.19. The SMILES string of the molecule is NC(=O)Nc1cc(NCS(=O)(=O)O)ccc1N=Nc1ccc(S(=O)(=O)CCOSOOO)cc1Cl. The molecule has 0 atom stereocenters. The molecule has 2 rings (SSSR count). The Morgan fingerprint density at radius 2 is 1.80 bits per heavy atom. The molecule has 35 heavy (non-hydrogen) atoms. The van der Waals surface area contributed by atoms with E-state index in [-0.39, 0.29) is 51.6 Å². The Kier molecular flexibility index (Phi) is 10.6. The van der Waals surface area contributed by atoms with Gasteiger partial charge in [0.1, 0.15) is 17.3 Å². The van der Waals surface area contributed by atoms with Crippen molar-refractivity contribution in [1.82, 2.24) is 0 Å². The van der Waals surface area contributed by atoms with Crippen LogP contribution in [0.4, 0.5) is 27.5 Å². The third kappa shape index (κ3) is 9.92. The highest BCUT2D eigenvalue weighted by Crippen LogP contribution is 2.33. The van der Waals surface area contributed by atoms with Crippen LogP contribution in [-0.4, -0.2) is 50.9 Å². The number of azo groups is 1. The predicted molar refractivity (Wildman–Crippen MR) is 126 cm³/mol. The van der Waals surface area contributed by atoms with E-state index in [2.05, 4.69) is 30.2 Å². The number of carbonyl (C=O) groups excluding carboxylic acids is 1. The number of amides is 2. The fourth-order valence-corrected chi connectivity index (χ4v) is 4.40. The fourth-order valence-electron chi connectivity index (χ4n) is 2.34. The number of halogens is 1. The maximum Gasteiger partial charge on any atom is 0.316 e. The first-order chi connectivity index (χ1) is 16.4. The third-order valence-electron chi connectivity index (χ3n) is 3.80. The molecule has 2 amide bonds. The fraction of sp³-hybridized carbons (Fsp3) is 0.188. The number of benzene rings is 2. The first-order valence-electron chi connectivity index (χ1n) is 9.01. The van der Waals surface area contributed by atoms with Crippen LogP contribution in [-0.2, 0) is 33.5 Å². The van der Waals surface area contributed by atoms with Gasteiger partial charge in [-0.2, -0.15) is 8.42 Å². The second-order valence-electron chi connectivity index (χ2n) is 6.29. The molecule has 0 aromatic heterocycles. The minimum absolute atomic E-state index is 0.0435. The van der Waals surface area contributed by atoms with E-state index in [0.717, 1.165) is 6.07 Å². The molecule has 0 fully saturated rings. The molecule has 0 saturated heterocycles. The molecule has 2 aromatic rings. The van der Waals surface area contributed by atoms with Gasteiger partial charge in [-0.05, 0) is 36.4 Å². The molecule has 0 heterocycles. The smallest absolute Gasteiger partial charge is 0.316 e. The van der Waals surface area contributed by atoms with E-state index < -0.39 is 37.6 Å². The lowest BCUT2D eigenvalue weighted by atomic mass is 10.2. The Hall–Kier alpha value is -2.55. The maximum atomic E-state index is 12.4. The number of hydrogen-bond donors (Lipinski definition) is 5. The first-order valence-corrected chi connectivity index (χ1v) is 13.3. The summed E-state index contributed by atoms with van der Waals surface area (Å²) in [6, 6.07) is 6.87. The molecular weight excluding hydrogens is 554 g/mol. The van der Waals surface area contributed by atoms with Gasteiger partial charge < -0.3 is 16.4 Å². The van der Waals surface area contributed by atoms with Gasteiger partial charge in [0.05, 0.1) is 28.0 Å². The first kappa shape index (κ1) is 28.7. The van der Waals surface area contributed by atoms with Crippen molar-refractivity contribution in [3.63, 3.8) is 0 Å². The summed E-state index contributed by atoms with van der Waals surface area (Å²) in [4.78, 5) is 11.2. The highest BCUT2D eigenvalue weighted by molar-refractivity contribution is 7.91. The summed E-state index contributed by atoms with van der Waals surface area (Å²) < 4.78 is 64.1. The molecule has 0 aliphatic carbocycles. The minimum atomic E-state index is -4.29. The van der Waals surface area contributed by atoms with Crippen molar-refractivity contribution in [2.45, 2.75) is 4.90 Å². The van der Waals surface area contributed by atoms with Crippen LogP contribution in [0.2, 0.25) is 5.02 Å². The van der Waals surface area contributed by atoms with E-state index in [9.17, 15) is 21.6 Å². The summed E-state index contributed by atoms with van der Waals surface area (Å²) in [6.45, 7) is -0.278. The van der Waals surface area contributed by atoms with Gasteiger partial charge in [-0.3, -0.25) is 8.74 Å². The zero-order valence-corrected chi connectivity index (χ0v) is 20.5. The summed E-state index contributed by atoms with van der Waals surface area (Å²) in [5.41, 5.74) is 5.63. The van der Waals surface area contributed by atoms with Crippen molar-refractivity contribution in [1.29, 1.82) is 0 Å². The van der Waals surface area contributed by atoms with Crippen molar-refractivity contribution in [3.05, 3.63) is 41.4 Å². The van der Waals surface area contributed by atoms with Crippen LogP contribution in [0.1, 0.15) is 0 Å². The van der Waals surface area contributed by atoms with Crippen molar-refractivity contribution in [2.24, 2.45) is 16.0 Å². The highest BCUT2D eigenvalue weighted by Gasteiger charge is 2.17. The summed E-state index contributed by atoms with van der Waals surface area (Å²) in [5, 5.41) is 23.9. The number of nitrogens with zero attached hydrogens (tertiary/aromatic N) is 2. The van der Waals surface area contributed by atoms with Crippen LogP contribution >= 0.6 is 23.9 Å². The third-order valence-corrected chi connectivity index (χ3v) is 6.67. The van der Waals surface area contributed by atoms with Gasteiger partial charge in [0.25, 0.3) is 10.1 Å². The summed E-state index contributed by atoms with van der Waals surface area (Å²) >= 11 is 6.38. The van der Waals surface area contributed by atoms with Gasteiger partial charge in [-0.25, -0.2) is 18.5 Å². The predicted octanol–water partition coefficient (Wildman–Crippen LogP) is 3.28. The van der Waals surface area contributed by atoms with E-state index in [0.29, 0.717) is 0 Å². The largest absolute Gasteiger partial charge is 0.370 e. The summed E-state index contributed by atoms with van der Waals surface area (Å²) in [7, 11) is -8.07. The summed E-state index contributed by atoms with van der Waals surface area (Å²) in [5.74, 6) is -1.20. The van der Waals surface area contributed by atoms with E-state index in [1.54, 1.807) is 0 Å². The number of rotatable bonds is 13. The van der Waals surface area contributed by atoms with E-state index >= 15 is 0 Å². The number of carbonyl (C=O) groups is 1. The maximum absolute atomic E-state index is 12.4. The molecule has 0 saturated carbocycles. The molecule has 192 valence electrons. The van der Waals surface area contributed by atoms with Gasteiger partial charge in [0.2, 0.25) is 0 Å². The molecule has 0 bridgehead atoms. The molecule has 0 aliphatic rings. The van der Waals surface area contributed by atoms with Crippen LogP contribution in [0.15, 0.2) is 51.5 Å². The number of urea groups is 1. The number of primary amides is 1. The number of anilines is 2. The number of nitrogens with two attached hydrogens (primary N) is 1. The van der Waals surface area contributed by atoms with Crippen molar-refractivity contribution in [2.75, 3.05) is 28.9 Å². The van der Waals surface area contributed by atoms with Gasteiger partial charge in [0.15, 0.2) is 22.2 Å². The van der Waals surface area contributed by atoms with Gasteiger partial charge in [-0.1, -0.05) is 16.6 Å². The van der Waals surface area contributed by atoms with Crippen LogP contribution in [0.3, 0.4) is 0 Å². The van der Waals surface area contributed by atoms with Crippen LogP contribution in [0.5, 0.6) is 0 Å². The standard InChI is InChI=1S/C16H18ClN5O10S3/c17-12-8-11(34(25,26)6-5-30-33-32-31-24)2-4-13(12)21-22-14-3-1-10(19-9-35(27,28)29)7-15(14)20-16(18)23/h1-4,7-8,19,24H,5-6,9H2,(H3,18,20,23)(H,27,28,29). The summed E-state index contributed by atoms with van der Waals surface area (Å²) in [6.07, 6.45) is 0. The van der Waals surface area contributed by atoms with Crippen LogP contribution in [0.25, 0.3) is 0 Å². The number of nitrogens with one attached hydrogen (secondary N) is 2. The number of hydrogen-bond acceptors (Lipinski definition) is 13. The van der Waals surface area contributed by atoms with E-state index in [4.69, 9.17) is 31.3 Å². The Bertz CT molecular complexity index is 1290. The molecule has 0 aliphatic heterocycles. The molecule has 15 nitrogen and oxygen atoms in total. The normalized spacial score (nSPS) is 12.1. The van der Waals surface area contributed by atoms with Gasteiger partial charge in [-0.15, -0.1) is 14.6 Å². The molecule has 19 heteroatoms. The lowest BCUT2D eigenvalue weighted by Gasteiger charge is -2.10. The average molecular weight is 572 g/mol. The van der Waals surface area contributed by atoms with Crippen molar-refractivity contribution < 1.29 is 45.0 Å². The van der Waals surface area contributed by atoms with Gasteiger partial charge >= 0.3 is 6.03 Å². The Morgan fingerprint density at radius 1 is 1.11 bits per heavy atom. The van der Waals surface area contributed by atoms with E-state index in [1.165, 1.54) is 30.3 Å². The average Bonchev–Trinajstić information content (AvgIpc) is 2.76. The quantitative estimate of drug-likeness (QED) is 0.0582. The second kappa shape index (κ2) is 13.0. The molecule has 6 N–H and O–H groups in total.